The zero-order chi connectivity index (χ0) is 10.4. The van der Waals surface area contributed by atoms with Gasteiger partial charge in [0.05, 0.1) is 0 Å². The fraction of sp³-hybridized carbons (Fsp3) is 0.222. The van der Waals surface area contributed by atoms with Crippen molar-refractivity contribution in [3.63, 3.8) is 0 Å². The van der Waals surface area contributed by atoms with E-state index in [2.05, 4.69) is 31.2 Å². The second-order valence-electron chi connectivity index (χ2n) is 2.55. The number of rotatable bonds is 3. The zero-order valence-corrected chi connectivity index (χ0v) is 9.56. The van der Waals surface area contributed by atoms with Gasteiger partial charge in [-0.1, -0.05) is 0 Å². The molecular weight excluding hydrogens is 243 g/mol. The molecule has 1 heterocycles. The SMILES string of the molecule is CCC(=NN=C(N)[Se])c1ccccn1. The summed E-state index contributed by atoms with van der Waals surface area (Å²) in [5.74, 6) is 0. The van der Waals surface area contributed by atoms with Crippen LogP contribution in [0, 0.1) is 0 Å². The van der Waals surface area contributed by atoms with E-state index in [0.717, 1.165) is 17.8 Å². The molecule has 1 aromatic rings. The summed E-state index contributed by atoms with van der Waals surface area (Å²) in [4.78, 5) is 4.18. The van der Waals surface area contributed by atoms with Gasteiger partial charge in [-0.15, -0.1) is 0 Å². The first-order chi connectivity index (χ1) is 6.74. The van der Waals surface area contributed by atoms with Crippen molar-refractivity contribution in [2.75, 3.05) is 0 Å². The van der Waals surface area contributed by atoms with Gasteiger partial charge in [-0.2, -0.15) is 0 Å². The van der Waals surface area contributed by atoms with Gasteiger partial charge in [-0.25, -0.2) is 0 Å². The summed E-state index contributed by atoms with van der Waals surface area (Å²) in [7, 11) is 0. The fourth-order valence-corrected chi connectivity index (χ4v) is 1.03. The summed E-state index contributed by atoms with van der Waals surface area (Å²) in [6.45, 7) is 2.00. The summed E-state index contributed by atoms with van der Waals surface area (Å²) in [6.07, 6.45) is 2.50. The summed E-state index contributed by atoms with van der Waals surface area (Å²) < 4.78 is 0.326. The van der Waals surface area contributed by atoms with E-state index in [9.17, 15) is 0 Å². The molecule has 0 fully saturated rings. The van der Waals surface area contributed by atoms with Crippen molar-refractivity contribution >= 4 is 26.5 Å². The van der Waals surface area contributed by atoms with Crippen LogP contribution in [0.15, 0.2) is 34.6 Å². The fourth-order valence-electron chi connectivity index (χ4n) is 0.946. The van der Waals surface area contributed by atoms with Gasteiger partial charge in [0.15, 0.2) is 0 Å². The Morgan fingerprint density at radius 3 is 2.79 bits per heavy atom. The van der Waals surface area contributed by atoms with Crippen LogP contribution in [0.2, 0.25) is 0 Å². The monoisotopic (exact) mass is 255 g/mol. The van der Waals surface area contributed by atoms with Crippen LogP contribution in [-0.2, 0) is 0 Å². The Hall–Kier alpha value is -1.19. The number of hydrogen-bond acceptors (Lipinski definition) is 3. The Bertz CT molecular complexity index is 341. The first kappa shape index (κ1) is 10.9. The molecule has 73 valence electrons. The number of pyridine rings is 1. The first-order valence-corrected chi connectivity index (χ1v) is 5.08. The molecule has 4 nitrogen and oxygen atoms in total. The van der Waals surface area contributed by atoms with Gasteiger partial charge in [0, 0.05) is 0 Å². The molecule has 0 aliphatic heterocycles. The Balaban J connectivity index is 2.93. The van der Waals surface area contributed by atoms with Gasteiger partial charge in [0.2, 0.25) is 0 Å². The Morgan fingerprint density at radius 2 is 2.29 bits per heavy atom. The van der Waals surface area contributed by atoms with Crippen LogP contribution in [0.4, 0.5) is 0 Å². The van der Waals surface area contributed by atoms with Crippen molar-refractivity contribution in [1.29, 1.82) is 0 Å². The van der Waals surface area contributed by atoms with E-state index in [1.165, 1.54) is 0 Å². The van der Waals surface area contributed by atoms with Crippen molar-refractivity contribution < 1.29 is 0 Å². The van der Waals surface area contributed by atoms with Gasteiger partial charge in [0.25, 0.3) is 0 Å². The van der Waals surface area contributed by atoms with Crippen LogP contribution in [0.5, 0.6) is 0 Å². The summed E-state index contributed by atoms with van der Waals surface area (Å²) in [6, 6.07) is 5.67. The molecule has 1 aromatic heterocycles. The molecule has 5 heteroatoms. The third-order valence-electron chi connectivity index (χ3n) is 1.56. The second kappa shape index (κ2) is 5.52. The van der Waals surface area contributed by atoms with E-state index in [1.54, 1.807) is 6.20 Å². The van der Waals surface area contributed by atoms with Crippen LogP contribution < -0.4 is 5.73 Å². The third-order valence-corrected chi connectivity index (χ3v) is 1.74. The normalized spacial score (nSPS) is 12.9. The molecule has 0 saturated heterocycles. The van der Waals surface area contributed by atoms with Crippen molar-refractivity contribution in [3.8, 4) is 0 Å². The van der Waals surface area contributed by atoms with E-state index >= 15 is 0 Å². The van der Waals surface area contributed by atoms with E-state index in [-0.39, 0.29) is 0 Å². The van der Waals surface area contributed by atoms with E-state index in [1.807, 2.05) is 25.1 Å². The molecule has 1 radical (unpaired) electrons. The molecule has 0 unspecified atom stereocenters. The van der Waals surface area contributed by atoms with Crippen LogP contribution in [-0.4, -0.2) is 31.4 Å². The molecule has 0 aromatic carbocycles. The minimum atomic E-state index is 0.326. The molecule has 14 heavy (non-hydrogen) atoms. The predicted molar refractivity (Wildman–Crippen MR) is 58.4 cm³/mol. The van der Waals surface area contributed by atoms with Gasteiger partial charge in [-0.05, 0) is 0 Å². The number of nitrogens with two attached hydrogens (primary N) is 1. The molecule has 0 amide bonds. The molecule has 0 aliphatic rings. The van der Waals surface area contributed by atoms with Crippen LogP contribution in [0.3, 0.4) is 0 Å². The van der Waals surface area contributed by atoms with Gasteiger partial charge >= 0.3 is 90.8 Å². The molecule has 2 N–H and O–H groups in total. The van der Waals surface area contributed by atoms with Crippen molar-refractivity contribution in [1.82, 2.24) is 4.98 Å². The summed E-state index contributed by atoms with van der Waals surface area (Å²) in [5.41, 5.74) is 7.00. The average Bonchev–Trinajstić information content (AvgIpc) is 2.20. The summed E-state index contributed by atoms with van der Waals surface area (Å²) in [5, 5.41) is 7.76. The number of hydrogen-bond donors (Lipinski definition) is 1. The zero-order valence-electron chi connectivity index (χ0n) is 7.84. The number of nitrogens with zero attached hydrogens (tertiary/aromatic N) is 3. The maximum absolute atomic E-state index is 5.34. The number of aromatic nitrogens is 1. The standard InChI is InChI=1S/C9H11N4Se/c1-2-7(12-13-9(10)14)8-5-3-4-6-11-8/h3-6H,2H2,1H3,(H2,10,13). The average molecular weight is 254 g/mol. The topological polar surface area (TPSA) is 63.6 Å². The Morgan fingerprint density at radius 1 is 1.50 bits per heavy atom. The quantitative estimate of drug-likeness (QED) is 0.373. The molecular formula is C9H11N4Se. The molecule has 1 rings (SSSR count). The summed E-state index contributed by atoms with van der Waals surface area (Å²) >= 11 is 2.57. The molecule has 0 aliphatic carbocycles. The Labute approximate surface area is 91.1 Å². The Kier molecular flexibility index (Phi) is 4.29. The molecule has 0 bridgehead atoms. The van der Waals surface area contributed by atoms with Crippen molar-refractivity contribution in [2.24, 2.45) is 15.9 Å². The van der Waals surface area contributed by atoms with E-state index in [4.69, 9.17) is 5.73 Å². The number of amidine groups is 1. The van der Waals surface area contributed by atoms with E-state index in [0.29, 0.717) is 4.73 Å². The molecule has 0 spiro atoms. The van der Waals surface area contributed by atoms with Gasteiger partial charge in [0.1, 0.15) is 0 Å². The van der Waals surface area contributed by atoms with Gasteiger partial charge in [-0.3, -0.25) is 0 Å². The maximum atomic E-state index is 5.34. The van der Waals surface area contributed by atoms with Crippen molar-refractivity contribution in [2.45, 2.75) is 13.3 Å². The van der Waals surface area contributed by atoms with Crippen LogP contribution in [0.1, 0.15) is 19.0 Å². The molecule has 0 atom stereocenters. The third kappa shape index (κ3) is 3.28. The second-order valence-corrected chi connectivity index (χ2v) is 3.43. The predicted octanol–water partition coefficient (Wildman–Crippen LogP) is 0.679. The minimum absolute atomic E-state index is 0.326. The molecule has 0 saturated carbocycles. The van der Waals surface area contributed by atoms with Crippen molar-refractivity contribution in [3.05, 3.63) is 30.1 Å². The first-order valence-electron chi connectivity index (χ1n) is 4.22. The van der Waals surface area contributed by atoms with Crippen LogP contribution >= 0.6 is 0 Å². The van der Waals surface area contributed by atoms with Gasteiger partial charge < -0.3 is 0 Å². The van der Waals surface area contributed by atoms with Crippen LogP contribution in [0.25, 0.3) is 0 Å². The van der Waals surface area contributed by atoms with E-state index < -0.39 is 0 Å².